The lowest BCUT2D eigenvalue weighted by Gasteiger charge is -2.36. The molecule has 1 unspecified atom stereocenters. The van der Waals surface area contributed by atoms with Crippen molar-refractivity contribution in [2.24, 2.45) is 10.7 Å². The molecule has 5 heteroatoms. The van der Waals surface area contributed by atoms with Gasteiger partial charge in [0.05, 0.1) is 6.04 Å². The van der Waals surface area contributed by atoms with Crippen molar-refractivity contribution in [2.45, 2.75) is 38.8 Å². The molecule has 0 saturated heterocycles. The van der Waals surface area contributed by atoms with E-state index in [-0.39, 0.29) is 17.6 Å². The summed E-state index contributed by atoms with van der Waals surface area (Å²) in [5.41, 5.74) is 10.1. The summed E-state index contributed by atoms with van der Waals surface area (Å²) in [6.07, 6.45) is 1.35. The van der Waals surface area contributed by atoms with E-state index in [2.05, 4.69) is 48.3 Å². The highest BCUT2D eigenvalue weighted by Crippen LogP contribution is 2.43. The van der Waals surface area contributed by atoms with Gasteiger partial charge in [0.25, 0.3) is 0 Å². The summed E-state index contributed by atoms with van der Waals surface area (Å²) in [7, 11) is 1.60. The normalized spacial score (nSPS) is 18.6. The van der Waals surface area contributed by atoms with Gasteiger partial charge >= 0.3 is 0 Å². The Hall–Kier alpha value is -2.82. The van der Waals surface area contributed by atoms with Crippen molar-refractivity contribution in [3.05, 3.63) is 53.6 Å². The Morgan fingerprint density at radius 2 is 2.00 bits per heavy atom. The summed E-state index contributed by atoms with van der Waals surface area (Å²) in [6, 6.07) is 14.4. The molecule has 0 radical (unpaired) electrons. The van der Waals surface area contributed by atoms with E-state index in [1.165, 1.54) is 10.5 Å². The number of carbonyl (C=O) groups excluding carboxylic acids is 1. The van der Waals surface area contributed by atoms with Crippen LogP contribution < -0.4 is 10.5 Å². The molecule has 0 bridgehead atoms. The number of hydrogen-bond acceptors (Lipinski definition) is 3. The summed E-state index contributed by atoms with van der Waals surface area (Å²) >= 11 is 0. The Labute approximate surface area is 154 Å². The number of nitrogens with zero attached hydrogens (tertiary/aromatic N) is 2. The van der Waals surface area contributed by atoms with E-state index in [1.807, 2.05) is 19.9 Å². The zero-order valence-electron chi connectivity index (χ0n) is 15.7. The topological polar surface area (TPSA) is 67.9 Å². The maximum atomic E-state index is 11.0. The molecule has 2 aromatic rings. The van der Waals surface area contributed by atoms with E-state index in [0.29, 0.717) is 12.8 Å². The summed E-state index contributed by atoms with van der Waals surface area (Å²) < 4.78 is 6.14. The molecule has 0 fully saturated rings. The molecule has 1 heterocycles. The van der Waals surface area contributed by atoms with Gasteiger partial charge in [-0.3, -0.25) is 9.69 Å². The zero-order chi connectivity index (χ0) is 18.9. The van der Waals surface area contributed by atoms with Crippen molar-refractivity contribution >= 4 is 12.4 Å². The van der Waals surface area contributed by atoms with Crippen molar-refractivity contribution in [3.63, 3.8) is 0 Å². The number of rotatable bonds is 3. The minimum atomic E-state index is -0.355. The number of aliphatic imine (C=N–C) groups is 1. The van der Waals surface area contributed by atoms with E-state index in [0.717, 1.165) is 22.4 Å². The van der Waals surface area contributed by atoms with Crippen LogP contribution in [0.3, 0.4) is 0 Å². The quantitative estimate of drug-likeness (QED) is 0.521. The first kappa shape index (κ1) is 18.0. The number of guanidine groups is 1. The number of aryl methyl sites for hydroxylation is 1. The van der Waals surface area contributed by atoms with Crippen molar-refractivity contribution in [1.29, 1.82) is 0 Å². The van der Waals surface area contributed by atoms with Gasteiger partial charge in [-0.25, -0.2) is 4.99 Å². The molecule has 5 nitrogen and oxygen atoms in total. The van der Waals surface area contributed by atoms with Crippen molar-refractivity contribution in [3.8, 4) is 16.9 Å². The first-order chi connectivity index (χ1) is 12.3. The summed E-state index contributed by atoms with van der Waals surface area (Å²) in [6.45, 7) is 6.15. The average molecular weight is 351 g/mol. The molecule has 2 N–H and O–H groups in total. The second-order valence-electron chi connectivity index (χ2n) is 7.41. The minimum absolute atomic E-state index is 0.166. The molecule has 0 aromatic heterocycles. The number of fused-ring (bicyclic) bond motifs is 1. The van der Waals surface area contributed by atoms with Crippen molar-refractivity contribution < 1.29 is 9.53 Å². The van der Waals surface area contributed by atoms with Crippen LogP contribution >= 0.6 is 0 Å². The molecule has 0 saturated carbocycles. The first-order valence-electron chi connectivity index (χ1n) is 8.70. The van der Waals surface area contributed by atoms with E-state index < -0.39 is 0 Å². The number of carbonyl (C=O) groups is 1. The molecule has 1 atom stereocenters. The lowest BCUT2D eigenvalue weighted by molar-refractivity contribution is -0.114. The predicted octanol–water partition coefficient (Wildman–Crippen LogP) is 3.67. The molecule has 1 aliphatic rings. The molecular formula is C21H25N3O2. The fraction of sp³-hybridized carbons (Fsp3) is 0.333. The average Bonchev–Trinajstić information content (AvgIpc) is 2.59. The smallest absolute Gasteiger partial charge is 0.216 e. The van der Waals surface area contributed by atoms with Crippen LogP contribution in [0.4, 0.5) is 0 Å². The maximum absolute atomic E-state index is 11.0. The lowest BCUT2D eigenvalue weighted by Crippen LogP contribution is -2.37. The van der Waals surface area contributed by atoms with Gasteiger partial charge in [-0.05, 0) is 44.0 Å². The standard InChI is InChI=1S/C21H25N3O2/c1-14-6-5-7-15(10-14)16-8-9-19-17(11-16)18(12-21(2,3)26-19)23-20(22)24(4)13-25/h5-11,13,18H,12H2,1-4H3,(H2,22,23). The van der Waals surface area contributed by atoms with Gasteiger partial charge in [-0.2, -0.15) is 0 Å². The van der Waals surface area contributed by atoms with Crippen LogP contribution in [0.5, 0.6) is 5.75 Å². The van der Waals surface area contributed by atoms with Crippen LogP contribution in [-0.2, 0) is 4.79 Å². The van der Waals surface area contributed by atoms with Gasteiger partial charge in [0.2, 0.25) is 6.41 Å². The van der Waals surface area contributed by atoms with Crippen molar-refractivity contribution in [1.82, 2.24) is 4.90 Å². The Balaban J connectivity index is 2.06. The maximum Gasteiger partial charge on any atom is 0.216 e. The minimum Gasteiger partial charge on any atom is -0.487 e. The SMILES string of the molecule is Cc1cccc(-c2ccc3c(c2)C(N=C(N)N(C)C=O)CC(C)(C)O3)c1. The monoisotopic (exact) mass is 351 g/mol. The van der Waals surface area contributed by atoms with Crippen LogP contribution in [-0.4, -0.2) is 29.9 Å². The number of ether oxygens (including phenoxy) is 1. The summed E-state index contributed by atoms with van der Waals surface area (Å²) in [4.78, 5) is 16.9. The number of hydrogen-bond donors (Lipinski definition) is 1. The van der Waals surface area contributed by atoms with Gasteiger partial charge in [-0.15, -0.1) is 0 Å². The largest absolute Gasteiger partial charge is 0.487 e. The van der Waals surface area contributed by atoms with Crippen LogP contribution in [0.2, 0.25) is 0 Å². The first-order valence-corrected chi connectivity index (χ1v) is 8.70. The van der Waals surface area contributed by atoms with Crippen LogP contribution in [0, 0.1) is 6.92 Å². The third-order valence-electron chi connectivity index (χ3n) is 4.60. The zero-order valence-corrected chi connectivity index (χ0v) is 15.7. The highest BCUT2D eigenvalue weighted by molar-refractivity contribution is 5.87. The van der Waals surface area contributed by atoms with Crippen molar-refractivity contribution in [2.75, 3.05) is 7.05 Å². The molecule has 1 aliphatic heterocycles. The Bertz CT molecular complexity index is 858. The molecule has 3 rings (SSSR count). The van der Waals surface area contributed by atoms with Gasteiger partial charge < -0.3 is 10.5 Å². The second kappa shape index (κ2) is 6.83. The molecule has 2 aromatic carbocycles. The predicted molar refractivity (Wildman–Crippen MR) is 104 cm³/mol. The third-order valence-corrected chi connectivity index (χ3v) is 4.60. The summed E-state index contributed by atoms with van der Waals surface area (Å²) in [5.74, 6) is 1.02. The Morgan fingerprint density at radius 3 is 2.69 bits per heavy atom. The highest BCUT2D eigenvalue weighted by atomic mass is 16.5. The van der Waals surface area contributed by atoms with Gasteiger partial charge in [0.1, 0.15) is 11.4 Å². The van der Waals surface area contributed by atoms with Gasteiger partial charge in [0, 0.05) is 19.0 Å². The van der Waals surface area contributed by atoms with Gasteiger partial charge in [0.15, 0.2) is 5.96 Å². The molecule has 0 spiro atoms. The molecular weight excluding hydrogens is 326 g/mol. The molecule has 26 heavy (non-hydrogen) atoms. The van der Waals surface area contributed by atoms with Crippen LogP contribution in [0.15, 0.2) is 47.5 Å². The second-order valence-corrected chi connectivity index (χ2v) is 7.41. The van der Waals surface area contributed by atoms with E-state index >= 15 is 0 Å². The number of amides is 1. The fourth-order valence-corrected chi connectivity index (χ4v) is 3.24. The fourth-order valence-electron chi connectivity index (χ4n) is 3.24. The van der Waals surface area contributed by atoms with E-state index in [1.54, 1.807) is 7.05 Å². The summed E-state index contributed by atoms with van der Waals surface area (Å²) in [5, 5.41) is 0. The highest BCUT2D eigenvalue weighted by Gasteiger charge is 2.34. The molecule has 136 valence electrons. The Morgan fingerprint density at radius 1 is 1.27 bits per heavy atom. The van der Waals surface area contributed by atoms with Gasteiger partial charge in [-0.1, -0.05) is 35.9 Å². The molecule has 0 aliphatic carbocycles. The van der Waals surface area contributed by atoms with Crippen LogP contribution in [0.25, 0.3) is 11.1 Å². The lowest BCUT2D eigenvalue weighted by atomic mass is 9.88. The van der Waals surface area contributed by atoms with Crippen LogP contribution in [0.1, 0.15) is 37.4 Å². The number of nitrogens with two attached hydrogens (primary N) is 1. The Kier molecular flexibility index (Phi) is 4.72. The molecule has 1 amide bonds. The third kappa shape index (κ3) is 3.72. The number of benzene rings is 2. The van der Waals surface area contributed by atoms with E-state index in [4.69, 9.17) is 10.5 Å². The van der Waals surface area contributed by atoms with E-state index in [9.17, 15) is 4.79 Å².